The lowest BCUT2D eigenvalue weighted by Gasteiger charge is -2.10. The third-order valence-corrected chi connectivity index (χ3v) is 4.03. The molecular formula is C19H22N4O3. The second-order valence-corrected chi connectivity index (χ2v) is 6.08. The van der Waals surface area contributed by atoms with E-state index in [1.54, 1.807) is 6.08 Å². The van der Waals surface area contributed by atoms with Gasteiger partial charge in [0.1, 0.15) is 0 Å². The van der Waals surface area contributed by atoms with E-state index < -0.39 is 23.8 Å². The van der Waals surface area contributed by atoms with E-state index >= 15 is 0 Å². The molecule has 136 valence electrons. The van der Waals surface area contributed by atoms with E-state index in [9.17, 15) is 14.4 Å². The first-order valence-electron chi connectivity index (χ1n) is 8.04. The Balaban J connectivity index is 2.22. The predicted octanol–water partition coefficient (Wildman–Crippen LogP) is 0.871. The van der Waals surface area contributed by atoms with Crippen molar-refractivity contribution in [3.05, 3.63) is 58.9 Å². The van der Waals surface area contributed by atoms with Crippen LogP contribution in [-0.4, -0.2) is 28.3 Å². The third kappa shape index (κ3) is 4.18. The summed E-state index contributed by atoms with van der Waals surface area (Å²) in [5, 5.41) is 2.18. The minimum atomic E-state index is -1.54. The maximum Gasteiger partial charge on any atom is 0.249 e. The summed E-state index contributed by atoms with van der Waals surface area (Å²) in [5.41, 5.74) is 15.1. The van der Waals surface area contributed by atoms with Crippen LogP contribution in [0.2, 0.25) is 0 Å². The van der Waals surface area contributed by atoms with Gasteiger partial charge in [-0.1, -0.05) is 17.7 Å². The molecule has 0 aliphatic heterocycles. The molecule has 7 heteroatoms. The molecule has 26 heavy (non-hydrogen) atoms. The molecule has 3 amide bonds. The lowest BCUT2D eigenvalue weighted by Crippen LogP contribution is -2.52. The summed E-state index contributed by atoms with van der Waals surface area (Å²) in [6.07, 6.45) is 2.85. The predicted molar refractivity (Wildman–Crippen MR) is 99.3 cm³/mol. The maximum atomic E-state index is 11.9. The summed E-state index contributed by atoms with van der Waals surface area (Å²) in [4.78, 5) is 34.2. The van der Waals surface area contributed by atoms with Gasteiger partial charge in [-0.25, -0.2) is 0 Å². The first-order valence-corrected chi connectivity index (χ1v) is 8.04. The molecule has 0 fully saturated rings. The average molecular weight is 354 g/mol. The van der Waals surface area contributed by atoms with Gasteiger partial charge in [-0.3, -0.25) is 14.4 Å². The molecule has 0 radical (unpaired) electrons. The summed E-state index contributed by atoms with van der Waals surface area (Å²) in [6, 6.07) is 8.53. The van der Waals surface area contributed by atoms with Crippen LogP contribution in [-0.2, 0) is 14.4 Å². The van der Waals surface area contributed by atoms with E-state index in [1.165, 1.54) is 11.6 Å². The van der Waals surface area contributed by atoms with Gasteiger partial charge in [-0.2, -0.15) is 0 Å². The van der Waals surface area contributed by atoms with Crippen molar-refractivity contribution in [1.82, 2.24) is 9.88 Å². The second-order valence-electron chi connectivity index (χ2n) is 6.08. The highest BCUT2D eigenvalue weighted by molar-refractivity contribution is 6.07. The van der Waals surface area contributed by atoms with Crippen LogP contribution in [0.15, 0.2) is 36.4 Å². The Morgan fingerprint density at radius 2 is 1.62 bits per heavy atom. The fourth-order valence-electron chi connectivity index (χ4n) is 2.69. The number of hydrogen-bond acceptors (Lipinski definition) is 3. The number of carbonyl (C=O) groups excluding carboxylic acids is 3. The van der Waals surface area contributed by atoms with Gasteiger partial charge in [0.05, 0.1) is 0 Å². The average Bonchev–Trinajstić information content (AvgIpc) is 2.85. The molecule has 1 aromatic carbocycles. The second kappa shape index (κ2) is 7.69. The van der Waals surface area contributed by atoms with Crippen LogP contribution in [0.4, 0.5) is 0 Å². The normalized spacial score (nSPS) is 11.1. The van der Waals surface area contributed by atoms with E-state index in [2.05, 4.69) is 9.88 Å². The zero-order chi connectivity index (χ0) is 19.4. The van der Waals surface area contributed by atoms with Gasteiger partial charge in [-0.05, 0) is 50.6 Å². The lowest BCUT2D eigenvalue weighted by molar-refractivity contribution is -0.132. The molecule has 5 N–H and O–H groups in total. The highest BCUT2D eigenvalue weighted by Gasteiger charge is 2.22. The monoisotopic (exact) mass is 354 g/mol. The van der Waals surface area contributed by atoms with Crippen molar-refractivity contribution in [2.45, 2.75) is 26.8 Å². The molecular weight excluding hydrogens is 332 g/mol. The van der Waals surface area contributed by atoms with Crippen LogP contribution in [0.25, 0.3) is 11.8 Å². The molecule has 2 aromatic rings. The molecule has 0 aliphatic rings. The van der Waals surface area contributed by atoms with Crippen molar-refractivity contribution in [2.75, 3.05) is 0 Å². The van der Waals surface area contributed by atoms with E-state index in [0.29, 0.717) is 0 Å². The first kappa shape index (κ1) is 19.0. The summed E-state index contributed by atoms with van der Waals surface area (Å²) in [7, 11) is 0. The lowest BCUT2D eigenvalue weighted by atomic mass is 10.2. The van der Waals surface area contributed by atoms with Crippen LogP contribution in [0, 0.1) is 20.8 Å². The van der Waals surface area contributed by atoms with Gasteiger partial charge in [0.2, 0.25) is 17.7 Å². The van der Waals surface area contributed by atoms with Crippen molar-refractivity contribution < 1.29 is 14.4 Å². The molecule has 0 saturated carbocycles. The van der Waals surface area contributed by atoms with Crippen LogP contribution >= 0.6 is 0 Å². The number of nitrogens with one attached hydrogen (secondary N) is 1. The maximum absolute atomic E-state index is 11.9. The molecule has 7 nitrogen and oxygen atoms in total. The molecule has 0 unspecified atom stereocenters. The van der Waals surface area contributed by atoms with E-state index in [-0.39, 0.29) is 0 Å². The van der Waals surface area contributed by atoms with Crippen molar-refractivity contribution in [3.8, 4) is 5.69 Å². The Hall–Kier alpha value is -3.35. The number of hydrogen-bond donors (Lipinski definition) is 3. The van der Waals surface area contributed by atoms with E-state index in [4.69, 9.17) is 11.5 Å². The fourth-order valence-corrected chi connectivity index (χ4v) is 2.69. The highest BCUT2D eigenvalue weighted by atomic mass is 16.2. The van der Waals surface area contributed by atoms with Crippen LogP contribution in [0.3, 0.4) is 0 Å². The highest BCUT2D eigenvalue weighted by Crippen LogP contribution is 2.22. The Kier molecular flexibility index (Phi) is 5.61. The first-order chi connectivity index (χ1) is 12.2. The number of benzene rings is 1. The molecule has 0 aliphatic carbocycles. The van der Waals surface area contributed by atoms with Crippen molar-refractivity contribution in [2.24, 2.45) is 11.5 Å². The quantitative estimate of drug-likeness (QED) is 0.527. The Labute approximate surface area is 151 Å². The zero-order valence-corrected chi connectivity index (χ0v) is 14.9. The number of nitrogens with two attached hydrogens (primary N) is 2. The Bertz CT molecular complexity index is 865. The van der Waals surface area contributed by atoms with Crippen molar-refractivity contribution >= 4 is 23.8 Å². The van der Waals surface area contributed by atoms with Crippen LogP contribution in [0.5, 0.6) is 0 Å². The number of amides is 3. The summed E-state index contributed by atoms with van der Waals surface area (Å²) >= 11 is 0. The SMILES string of the molecule is Cc1ccc(-n2c(C)cc(/C=C/C(=O)NC(C(N)=O)C(N)=O)c2C)cc1. The number of nitrogens with zero attached hydrogens (tertiary/aromatic N) is 1. The van der Waals surface area contributed by atoms with Crippen molar-refractivity contribution in [3.63, 3.8) is 0 Å². The van der Waals surface area contributed by atoms with Crippen LogP contribution < -0.4 is 16.8 Å². The molecule has 2 rings (SSSR count). The minimum absolute atomic E-state index is 0.632. The number of aryl methyl sites for hydroxylation is 2. The molecule has 0 bridgehead atoms. The van der Waals surface area contributed by atoms with E-state index in [1.807, 2.05) is 51.1 Å². The Morgan fingerprint density at radius 3 is 2.15 bits per heavy atom. The number of rotatable bonds is 6. The summed E-state index contributed by atoms with van der Waals surface area (Å²) < 4.78 is 2.08. The fraction of sp³-hybridized carbons (Fsp3) is 0.211. The van der Waals surface area contributed by atoms with Gasteiger partial charge in [0.25, 0.3) is 0 Å². The zero-order valence-electron chi connectivity index (χ0n) is 14.9. The van der Waals surface area contributed by atoms with Gasteiger partial charge < -0.3 is 21.4 Å². The largest absolute Gasteiger partial charge is 0.367 e. The molecule has 1 heterocycles. The minimum Gasteiger partial charge on any atom is -0.367 e. The third-order valence-electron chi connectivity index (χ3n) is 4.03. The molecule has 0 spiro atoms. The van der Waals surface area contributed by atoms with Gasteiger partial charge >= 0.3 is 0 Å². The number of carbonyl (C=O) groups is 3. The smallest absolute Gasteiger partial charge is 0.249 e. The summed E-state index contributed by atoms with van der Waals surface area (Å²) in [6.45, 7) is 5.94. The standard InChI is InChI=1S/C19H22N4O3/c1-11-4-7-15(8-5-11)23-12(2)10-14(13(23)3)6-9-16(24)22-17(18(20)25)19(21)26/h4-10,17H,1-3H3,(H2,20,25)(H2,21,26)(H,22,24)/b9-6+. The Morgan fingerprint density at radius 1 is 1.04 bits per heavy atom. The van der Waals surface area contributed by atoms with Crippen LogP contribution in [0.1, 0.15) is 22.5 Å². The van der Waals surface area contributed by atoms with Gasteiger partial charge in [0, 0.05) is 23.2 Å². The topological polar surface area (TPSA) is 120 Å². The molecule has 0 saturated heterocycles. The number of aromatic nitrogens is 1. The van der Waals surface area contributed by atoms with E-state index in [0.717, 1.165) is 22.6 Å². The van der Waals surface area contributed by atoms with Gasteiger partial charge in [-0.15, -0.1) is 0 Å². The summed E-state index contributed by atoms with van der Waals surface area (Å²) in [5.74, 6) is -2.64. The van der Waals surface area contributed by atoms with Gasteiger partial charge in [0.15, 0.2) is 6.04 Å². The van der Waals surface area contributed by atoms with Crippen molar-refractivity contribution in [1.29, 1.82) is 0 Å². The molecule has 0 atom stereocenters. The number of primary amides is 2. The molecule has 1 aromatic heterocycles.